The Balaban J connectivity index is 1.17. The number of fused-ring (bicyclic) bond motifs is 3. The number of amides is 1. The monoisotopic (exact) mass is 498 g/mol. The quantitative estimate of drug-likeness (QED) is 0.439. The zero-order valence-electron chi connectivity index (χ0n) is 19.8. The summed E-state index contributed by atoms with van der Waals surface area (Å²) >= 11 is 0. The highest BCUT2D eigenvalue weighted by Gasteiger charge is 2.61. The number of anilines is 1. The van der Waals surface area contributed by atoms with Crippen LogP contribution in [-0.2, 0) is 10.2 Å². The van der Waals surface area contributed by atoms with Crippen molar-refractivity contribution in [2.45, 2.75) is 55.0 Å². The minimum Gasteiger partial charge on any atom is -0.313 e. The van der Waals surface area contributed by atoms with Gasteiger partial charge in [-0.05, 0) is 67.2 Å². The number of halogens is 1. The summed E-state index contributed by atoms with van der Waals surface area (Å²) < 4.78 is 16.4. The zero-order valence-corrected chi connectivity index (χ0v) is 19.8. The van der Waals surface area contributed by atoms with Crippen LogP contribution < -0.4 is 16.1 Å². The molecule has 3 aromatic heterocycles. The van der Waals surface area contributed by atoms with E-state index in [1.54, 1.807) is 21.8 Å². The van der Waals surface area contributed by atoms with E-state index < -0.39 is 22.3 Å². The van der Waals surface area contributed by atoms with E-state index in [0.717, 1.165) is 47.3 Å². The van der Waals surface area contributed by atoms with E-state index in [9.17, 15) is 18.8 Å². The highest BCUT2D eigenvalue weighted by molar-refractivity contribution is 6.10. The predicted molar refractivity (Wildman–Crippen MR) is 133 cm³/mol. The lowest BCUT2D eigenvalue weighted by atomic mass is 9.95. The van der Waals surface area contributed by atoms with Crippen LogP contribution >= 0.6 is 0 Å². The number of imidazole rings is 1. The number of rotatable bonds is 5. The Bertz CT molecular complexity index is 1760. The molecule has 4 aliphatic rings. The molecule has 37 heavy (non-hydrogen) atoms. The van der Waals surface area contributed by atoms with E-state index in [4.69, 9.17) is 0 Å². The van der Waals surface area contributed by atoms with E-state index in [2.05, 4.69) is 38.2 Å². The van der Waals surface area contributed by atoms with Gasteiger partial charge in [-0.2, -0.15) is 5.10 Å². The van der Waals surface area contributed by atoms with Gasteiger partial charge in [0, 0.05) is 29.8 Å². The smallest absolute Gasteiger partial charge is 0.313 e. The van der Waals surface area contributed by atoms with Crippen LogP contribution in [0.4, 0.5) is 10.1 Å². The summed E-state index contributed by atoms with van der Waals surface area (Å²) in [6, 6.07) is 8.15. The molecule has 0 saturated heterocycles. The molecule has 0 unspecified atom stereocenters. The molecule has 1 spiro atoms. The number of carbonyl (C=O) groups is 1. The molecule has 4 aromatic rings. The topological polar surface area (TPSA) is 116 Å². The number of nitrogens with one attached hydrogen (secondary N) is 2. The first-order chi connectivity index (χ1) is 17.9. The van der Waals surface area contributed by atoms with Crippen LogP contribution in [0.15, 0.2) is 52.4 Å². The standard InChI is InChI=1S/C27H23FN6O3/c28-26(3-4-26)13-33-21-9-14(1-2-19(21)27(5-6-27)24(33)36)15-10-16(15)17-11-20(32-34-8-7-29-22(17)34)18-12-30-25(37)31-23(18)35/h1-2,7-9,11-12,15-16H,3-6,10,13H2,(H2,30,31,35,37)/t15-,16+/m1/s1. The summed E-state index contributed by atoms with van der Waals surface area (Å²) in [5, 5.41) is 4.53. The van der Waals surface area contributed by atoms with Crippen LogP contribution in [0.3, 0.4) is 0 Å². The van der Waals surface area contributed by atoms with Crippen LogP contribution in [0, 0.1) is 0 Å². The number of carbonyl (C=O) groups excluding carboxylic acids is 1. The van der Waals surface area contributed by atoms with Gasteiger partial charge in [-0.3, -0.25) is 14.6 Å². The molecule has 1 aromatic carbocycles. The minimum absolute atomic E-state index is 0.0555. The van der Waals surface area contributed by atoms with Gasteiger partial charge in [-0.1, -0.05) is 12.1 Å². The number of alkyl halides is 1. The largest absolute Gasteiger partial charge is 0.325 e. The highest BCUT2D eigenvalue weighted by Crippen LogP contribution is 2.61. The second kappa shape index (κ2) is 6.81. The zero-order chi connectivity index (χ0) is 25.1. The molecule has 0 bridgehead atoms. The number of aromatic amines is 2. The molecule has 9 nitrogen and oxygen atoms in total. The maximum atomic E-state index is 14.7. The molecule has 2 atom stereocenters. The number of aromatic nitrogens is 5. The summed E-state index contributed by atoms with van der Waals surface area (Å²) in [6.07, 6.45) is 8.37. The summed E-state index contributed by atoms with van der Waals surface area (Å²) in [4.78, 5) is 48.1. The van der Waals surface area contributed by atoms with E-state index in [1.807, 2.05) is 6.07 Å². The van der Waals surface area contributed by atoms with Crippen molar-refractivity contribution in [3.05, 3.63) is 80.4 Å². The molecule has 186 valence electrons. The van der Waals surface area contributed by atoms with Crippen LogP contribution in [0.25, 0.3) is 16.9 Å². The van der Waals surface area contributed by atoms with Crippen LogP contribution in [0.2, 0.25) is 0 Å². The number of nitrogens with zero attached hydrogens (tertiary/aromatic N) is 4. The van der Waals surface area contributed by atoms with Gasteiger partial charge in [0.05, 0.1) is 23.2 Å². The Kier molecular flexibility index (Phi) is 3.88. The predicted octanol–water partition coefficient (Wildman–Crippen LogP) is 2.92. The number of hydrogen-bond donors (Lipinski definition) is 2. The van der Waals surface area contributed by atoms with Crippen molar-refractivity contribution in [1.82, 2.24) is 24.6 Å². The normalized spacial score (nSPS) is 24.0. The molecule has 3 saturated carbocycles. The van der Waals surface area contributed by atoms with Crippen molar-refractivity contribution in [2.75, 3.05) is 11.4 Å². The van der Waals surface area contributed by atoms with Crippen LogP contribution in [0.5, 0.6) is 0 Å². The Morgan fingerprint density at radius 2 is 1.92 bits per heavy atom. The van der Waals surface area contributed by atoms with Crippen molar-refractivity contribution in [2.24, 2.45) is 0 Å². The van der Waals surface area contributed by atoms with E-state index in [1.165, 1.54) is 6.20 Å². The Hall–Kier alpha value is -4.08. The molecule has 1 aliphatic heterocycles. The summed E-state index contributed by atoms with van der Waals surface area (Å²) in [6.45, 7) is 0.147. The van der Waals surface area contributed by atoms with Gasteiger partial charge in [0.25, 0.3) is 5.56 Å². The first-order valence-electron chi connectivity index (χ1n) is 12.7. The molecule has 8 rings (SSSR count). The number of benzene rings is 1. The fraction of sp³-hybridized carbons (Fsp3) is 0.370. The number of hydrogen-bond acceptors (Lipinski definition) is 5. The minimum atomic E-state index is -1.25. The van der Waals surface area contributed by atoms with Crippen LogP contribution in [0.1, 0.15) is 60.6 Å². The molecule has 1 amide bonds. The summed E-state index contributed by atoms with van der Waals surface area (Å²) in [5.41, 5.74) is 2.69. The third kappa shape index (κ3) is 3.04. The lowest BCUT2D eigenvalue weighted by molar-refractivity contribution is -0.120. The SMILES string of the molecule is O=C1N(CC2(F)CC2)c2cc([C@H]3C[C@@H]3c3cc(-c4c[nH]c(=O)[nH]c4=O)nn4ccnc34)ccc2C12CC2. The van der Waals surface area contributed by atoms with Crippen molar-refractivity contribution in [3.63, 3.8) is 0 Å². The van der Waals surface area contributed by atoms with Crippen molar-refractivity contribution < 1.29 is 9.18 Å². The molecule has 2 N–H and O–H groups in total. The van der Waals surface area contributed by atoms with E-state index in [0.29, 0.717) is 18.5 Å². The third-order valence-corrected chi connectivity index (χ3v) is 8.57. The van der Waals surface area contributed by atoms with Crippen molar-refractivity contribution >= 4 is 17.2 Å². The van der Waals surface area contributed by atoms with Gasteiger partial charge >= 0.3 is 5.69 Å². The molecule has 4 heterocycles. The average Bonchev–Trinajstić information content (AvgIpc) is 3.81. The molecule has 10 heteroatoms. The summed E-state index contributed by atoms with van der Waals surface area (Å²) in [5.74, 6) is 0.422. The summed E-state index contributed by atoms with van der Waals surface area (Å²) in [7, 11) is 0. The molecule has 3 aliphatic carbocycles. The Morgan fingerprint density at radius 3 is 2.68 bits per heavy atom. The highest BCUT2D eigenvalue weighted by atomic mass is 19.1. The molecular weight excluding hydrogens is 475 g/mol. The first kappa shape index (κ1) is 21.0. The third-order valence-electron chi connectivity index (χ3n) is 8.57. The maximum absolute atomic E-state index is 14.7. The fourth-order valence-electron chi connectivity index (χ4n) is 6.09. The average molecular weight is 499 g/mol. The van der Waals surface area contributed by atoms with Gasteiger partial charge in [0.2, 0.25) is 5.91 Å². The van der Waals surface area contributed by atoms with Crippen molar-refractivity contribution in [3.8, 4) is 11.3 Å². The van der Waals surface area contributed by atoms with Gasteiger partial charge < -0.3 is 9.88 Å². The maximum Gasteiger partial charge on any atom is 0.325 e. The Morgan fingerprint density at radius 1 is 1.08 bits per heavy atom. The molecular formula is C27H23FN6O3. The lowest BCUT2D eigenvalue weighted by Crippen LogP contribution is -2.37. The second-order valence-electron chi connectivity index (χ2n) is 11.0. The number of H-pyrrole nitrogens is 2. The van der Waals surface area contributed by atoms with Gasteiger partial charge in [-0.25, -0.2) is 18.7 Å². The van der Waals surface area contributed by atoms with E-state index in [-0.39, 0.29) is 29.9 Å². The lowest BCUT2D eigenvalue weighted by Gasteiger charge is -2.20. The van der Waals surface area contributed by atoms with Gasteiger partial charge in [0.15, 0.2) is 5.65 Å². The molecule has 0 radical (unpaired) electrons. The van der Waals surface area contributed by atoms with Crippen LogP contribution in [-0.4, -0.2) is 42.7 Å². The Labute approximate surface area is 209 Å². The fourth-order valence-corrected chi connectivity index (χ4v) is 6.09. The second-order valence-corrected chi connectivity index (χ2v) is 11.0. The first-order valence-corrected chi connectivity index (χ1v) is 12.7. The van der Waals surface area contributed by atoms with E-state index >= 15 is 0 Å². The van der Waals surface area contributed by atoms with Gasteiger partial charge in [-0.15, -0.1) is 0 Å². The van der Waals surface area contributed by atoms with Crippen molar-refractivity contribution in [1.29, 1.82) is 0 Å². The van der Waals surface area contributed by atoms with Gasteiger partial charge in [0.1, 0.15) is 5.67 Å². The molecule has 3 fully saturated rings.